The number of halogens is 1. The number of methoxy groups -OCH3 is 1. The molecule has 0 unspecified atom stereocenters. The summed E-state index contributed by atoms with van der Waals surface area (Å²) in [6, 6.07) is 8.35. The van der Waals surface area contributed by atoms with Crippen LogP contribution in [-0.2, 0) is 9.53 Å². The molecule has 0 fully saturated rings. The number of hydrogen-bond acceptors (Lipinski definition) is 3. The van der Waals surface area contributed by atoms with E-state index in [-0.39, 0.29) is 12.0 Å². The van der Waals surface area contributed by atoms with Crippen LogP contribution in [0.4, 0.5) is 0 Å². The Labute approximate surface area is 117 Å². The van der Waals surface area contributed by atoms with Gasteiger partial charge in [0.1, 0.15) is 0 Å². The van der Waals surface area contributed by atoms with Crippen molar-refractivity contribution >= 4 is 21.9 Å². The summed E-state index contributed by atoms with van der Waals surface area (Å²) in [5.41, 5.74) is 0.678. The predicted molar refractivity (Wildman–Crippen MR) is 76.4 cm³/mol. The fourth-order valence-electron chi connectivity index (χ4n) is 1.63. The van der Waals surface area contributed by atoms with E-state index in [2.05, 4.69) is 40.3 Å². The van der Waals surface area contributed by atoms with E-state index in [1.54, 1.807) is 0 Å². The summed E-state index contributed by atoms with van der Waals surface area (Å²) in [6.07, 6.45) is 0. The first-order valence-corrected chi connectivity index (χ1v) is 6.73. The Bertz CT molecular complexity index is 401. The molecular formula is C14H20BrNO2. The second kappa shape index (κ2) is 6.34. The molecule has 0 saturated carbocycles. The number of rotatable bonds is 5. The zero-order chi connectivity index (χ0) is 13.8. The lowest BCUT2D eigenvalue weighted by molar-refractivity contribution is -0.150. The molecule has 4 heteroatoms. The summed E-state index contributed by atoms with van der Waals surface area (Å²) in [5.74, 6) is -0.196. The van der Waals surface area contributed by atoms with Gasteiger partial charge in [-0.3, -0.25) is 4.79 Å². The average molecular weight is 314 g/mol. The molecule has 1 aromatic rings. The molecule has 0 aliphatic rings. The smallest absolute Gasteiger partial charge is 0.312 e. The van der Waals surface area contributed by atoms with Crippen molar-refractivity contribution in [3.63, 3.8) is 0 Å². The van der Waals surface area contributed by atoms with Crippen LogP contribution in [-0.4, -0.2) is 19.6 Å². The molecule has 1 atom stereocenters. The van der Waals surface area contributed by atoms with Crippen molar-refractivity contribution in [2.24, 2.45) is 5.41 Å². The van der Waals surface area contributed by atoms with Crippen LogP contribution in [0.3, 0.4) is 0 Å². The quantitative estimate of drug-likeness (QED) is 0.848. The summed E-state index contributed by atoms with van der Waals surface area (Å²) in [7, 11) is 1.42. The molecule has 0 aromatic heterocycles. The number of carbonyl (C=O) groups excluding carboxylic acids is 1. The molecule has 100 valence electrons. The van der Waals surface area contributed by atoms with Crippen molar-refractivity contribution in [2.45, 2.75) is 26.8 Å². The van der Waals surface area contributed by atoms with Gasteiger partial charge in [-0.1, -0.05) is 28.1 Å². The topological polar surface area (TPSA) is 38.3 Å². The molecule has 0 bridgehead atoms. The van der Waals surface area contributed by atoms with Crippen molar-refractivity contribution in [3.05, 3.63) is 34.3 Å². The summed E-state index contributed by atoms with van der Waals surface area (Å²) in [4.78, 5) is 11.6. The van der Waals surface area contributed by atoms with Crippen LogP contribution in [0.2, 0.25) is 0 Å². The van der Waals surface area contributed by atoms with Crippen LogP contribution in [0.5, 0.6) is 0 Å². The van der Waals surface area contributed by atoms with E-state index in [4.69, 9.17) is 4.74 Å². The van der Waals surface area contributed by atoms with Crippen LogP contribution in [0.15, 0.2) is 28.7 Å². The molecule has 0 heterocycles. The summed E-state index contributed by atoms with van der Waals surface area (Å²) >= 11 is 3.41. The van der Waals surface area contributed by atoms with E-state index in [0.717, 1.165) is 4.47 Å². The normalized spacial score (nSPS) is 13.2. The second-order valence-corrected chi connectivity index (χ2v) is 5.95. The molecule has 18 heavy (non-hydrogen) atoms. The van der Waals surface area contributed by atoms with Gasteiger partial charge in [-0.15, -0.1) is 0 Å². The summed E-state index contributed by atoms with van der Waals surface area (Å²) in [6.45, 7) is 6.41. The van der Waals surface area contributed by atoms with Gasteiger partial charge in [0.2, 0.25) is 0 Å². The molecule has 0 spiro atoms. The highest BCUT2D eigenvalue weighted by Gasteiger charge is 2.28. The Hall–Kier alpha value is -0.870. The van der Waals surface area contributed by atoms with Crippen LogP contribution >= 0.6 is 15.9 Å². The van der Waals surface area contributed by atoms with Crippen LogP contribution in [0.25, 0.3) is 0 Å². The summed E-state index contributed by atoms with van der Waals surface area (Å²) in [5, 5.41) is 3.36. The molecule has 1 N–H and O–H groups in total. The third kappa shape index (κ3) is 4.10. The molecule has 1 aromatic carbocycles. The van der Waals surface area contributed by atoms with E-state index in [9.17, 15) is 4.79 Å². The molecule has 1 rings (SSSR count). The van der Waals surface area contributed by atoms with Gasteiger partial charge >= 0.3 is 5.97 Å². The van der Waals surface area contributed by atoms with Gasteiger partial charge in [0.15, 0.2) is 0 Å². The second-order valence-electron chi connectivity index (χ2n) is 5.03. The monoisotopic (exact) mass is 313 g/mol. The van der Waals surface area contributed by atoms with E-state index < -0.39 is 5.41 Å². The van der Waals surface area contributed by atoms with Crippen LogP contribution < -0.4 is 5.32 Å². The van der Waals surface area contributed by atoms with Crippen LogP contribution in [0.1, 0.15) is 32.4 Å². The zero-order valence-electron chi connectivity index (χ0n) is 11.3. The average Bonchev–Trinajstić information content (AvgIpc) is 2.35. The first-order valence-electron chi connectivity index (χ1n) is 5.94. The van der Waals surface area contributed by atoms with Gasteiger partial charge < -0.3 is 10.1 Å². The van der Waals surface area contributed by atoms with Crippen molar-refractivity contribution in [1.82, 2.24) is 5.32 Å². The van der Waals surface area contributed by atoms with Crippen molar-refractivity contribution in [1.29, 1.82) is 0 Å². The molecule has 0 aliphatic heterocycles. The first-order chi connectivity index (χ1) is 8.36. The number of nitrogens with one attached hydrogen (secondary N) is 1. The van der Waals surface area contributed by atoms with Crippen molar-refractivity contribution in [2.75, 3.05) is 13.7 Å². The maximum Gasteiger partial charge on any atom is 0.312 e. The number of carbonyl (C=O) groups is 1. The van der Waals surface area contributed by atoms with Gasteiger partial charge in [0, 0.05) is 17.1 Å². The highest BCUT2D eigenvalue weighted by atomic mass is 79.9. The predicted octanol–water partition coefficient (Wildman–Crippen LogP) is 3.30. The highest BCUT2D eigenvalue weighted by Crippen LogP contribution is 2.20. The van der Waals surface area contributed by atoms with Gasteiger partial charge in [-0.25, -0.2) is 0 Å². The standard InChI is InChI=1S/C14H20BrNO2/c1-10(11-5-7-12(15)8-6-11)16-9-14(2,3)13(17)18-4/h5-8,10,16H,9H2,1-4H3/t10-/m0/s1. The van der Waals surface area contributed by atoms with E-state index in [0.29, 0.717) is 6.54 Å². The third-order valence-electron chi connectivity index (χ3n) is 2.96. The lowest BCUT2D eigenvalue weighted by Crippen LogP contribution is -2.37. The number of benzene rings is 1. The molecule has 0 aliphatic carbocycles. The Morgan fingerprint density at radius 3 is 2.44 bits per heavy atom. The lowest BCUT2D eigenvalue weighted by Gasteiger charge is -2.24. The summed E-state index contributed by atoms with van der Waals surface area (Å²) < 4.78 is 5.85. The lowest BCUT2D eigenvalue weighted by atomic mass is 9.93. The molecular weight excluding hydrogens is 294 g/mol. The number of ether oxygens (including phenoxy) is 1. The Morgan fingerprint density at radius 2 is 1.94 bits per heavy atom. The number of hydrogen-bond donors (Lipinski definition) is 1. The van der Waals surface area contributed by atoms with Gasteiger partial charge in [-0.2, -0.15) is 0 Å². The Morgan fingerprint density at radius 1 is 1.39 bits per heavy atom. The van der Waals surface area contributed by atoms with E-state index in [1.165, 1.54) is 12.7 Å². The number of esters is 1. The fourth-order valence-corrected chi connectivity index (χ4v) is 1.89. The highest BCUT2D eigenvalue weighted by molar-refractivity contribution is 9.10. The van der Waals surface area contributed by atoms with Crippen molar-refractivity contribution < 1.29 is 9.53 Å². The maximum absolute atomic E-state index is 11.6. The Balaban J connectivity index is 2.58. The van der Waals surface area contributed by atoms with E-state index in [1.807, 2.05) is 26.0 Å². The molecule has 0 radical (unpaired) electrons. The van der Waals surface area contributed by atoms with Gasteiger partial charge in [0.05, 0.1) is 12.5 Å². The Kier molecular flexibility index (Phi) is 5.35. The molecule has 3 nitrogen and oxygen atoms in total. The third-order valence-corrected chi connectivity index (χ3v) is 3.49. The minimum Gasteiger partial charge on any atom is -0.469 e. The van der Waals surface area contributed by atoms with E-state index >= 15 is 0 Å². The van der Waals surface area contributed by atoms with Crippen molar-refractivity contribution in [3.8, 4) is 0 Å². The maximum atomic E-state index is 11.6. The molecule has 0 amide bonds. The SMILES string of the molecule is COC(=O)C(C)(C)CN[C@@H](C)c1ccc(Br)cc1. The fraction of sp³-hybridized carbons (Fsp3) is 0.500. The molecule has 0 saturated heterocycles. The van der Waals surface area contributed by atoms with Gasteiger partial charge in [-0.05, 0) is 38.5 Å². The van der Waals surface area contributed by atoms with Crippen LogP contribution in [0, 0.1) is 5.41 Å². The van der Waals surface area contributed by atoms with Gasteiger partial charge in [0.25, 0.3) is 0 Å². The minimum atomic E-state index is -0.516. The zero-order valence-corrected chi connectivity index (χ0v) is 12.9. The largest absolute Gasteiger partial charge is 0.469 e. The minimum absolute atomic E-state index is 0.196. The first kappa shape index (κ1) is 15.2.